The van der Waals surface area contributed by atoms with Gasteiger partial charge < -0.3 is 4.74 Å². The minimum atomic E-state index is 0.117. The molecule has 1 nitrogen and oxygen atoms in total. The Balaban J connectivity index is 3.05. The van der Waals surface area contributed by atoms with Crippen LogP contribution in [0.25, 0.3) is 0 Å². The lowest BCUT2D eigenvalue weighted by atomic mass is 9.84. The maximum Gasteiger partial charge on any atom is 0.122 e. The molecule has 17 heavy (non-hydrogen) atoms. The fourth-order valence-corrected chi connectivity index (χ4v) is 2.06. The molecule has 0 radical (unpaired) electrons. The second-order valence-electron chi connectivity index (χ2n) is 5.78. The zero-order valence-corrected chi connectivity index (χ0v) is 12.5. The third-order valence-corrected chi connectivity index (χ3v) is 3.59. The average molecular weight is 252 g/mol. The molecule has 0 saturated carbocycles. The number of rotatable bonds is 4. The molecule has 0 saturated heterocycles. The van der Waals surface area contributed by atoms with E-state index in [1.165, 1.54) is 11.1 Å². The highest BCUT2D eigenvalue weighted by Crippen LogP contribution is 2.32. The van der Waals surface area contributed by atoms with E-state index in [0.717, 1.165) is 17.9 Å². The average Bonchev–Trinajstić information content (AvgIpc) is 2.27. The van der Waals surface area contributed by atoms with Gasteiger partial charge in [-0.05, 0) is 40.7 Å². The molecule has 1 unspecified atom stereocenters. The molecule has 1 atom stereocenters. The highest BCUT2D eigenvalue weighted by Gasteiger charge is 2.19. The third-order valence-electron chi connectivity index (χ3n) is 2.97. The third kappa shape index (κ3) is 3.95. The first-order chi connectivity index (χ1) is 7.88. The fraction of sp³-hybridized carbons (Fsp3) is 0.600. The van der Waals surface area contributed by atoms with E-state index < -0.39 is 0 Å². The Bertz CT molecular complexity index is 366. The van der Waals surface area contributed by atoms with E-state index in [9.17, 15) is 0 Å². The highest BCUT2D eigenvalue weighted by molar-refractivity contribution is 7.80. The minimum absolute atomic E-state index is 0.117. The molecule has 0 aromatic heterocycles. The Hall–Kier alpha value is -0.630. The van der Waals surface area contributed by atoms with E-state index in [1.807, 2.05) is 0 Å². The Morgan fingerprint density at radius 3 is 2.41 bits per heavy atom. The second kappa shape index (κ2) is 5.81. The topological polar surface area (TPSA) is 9.23 Å². The van der Waals surface area contributed by atoms with Crippen LogP contribution in [0.15, 0.2) is 18.2 Å². The lowest BCUT2D eigenvalue weighted by molar-refractivity contribution is 0.397. The first kappa shape index (κ1) is 14.4. The molecule has 0 heterocycles. The SMILES string of the molecule is COc1ccc(CC(C)CS)cc1C(C)(C)C. The summed E-state index contributed by atoms with van der Waals surface area (Å²) in [7, 11) is 1.74. The van der Waals surface area contributed by atoms with Crippen molar-refractivity contribution in [2.45, 2.75) is 39.5 Å². The highest BCUT2D eigenvalue weighted by atomic mass is 32.1. The molecule has 0 spiro atoms. The van der Waals surface area contributed by atoms with Crippen molar-refractivity contribution in [2.75, 3.05) is 12.9 Å². The summed E-state index contributed by atoms with van der Waals surface area (Å²) in [5.41, 5.74) is 2.77. The van der Waals surface area contributed by atoms with Gasteiger partial charge in [-0.15, -0.1) is 0 Å². The molecule has 0 bridgehead atoms. The van der Waals surface area contributed by atoms with Crippen molar-refractivity contribution >= 4 is 12.6 Å². The van der Waals surface area contributed by atoms with Gasteiger partial charge in [0.25, 0.3) is 0 Å². The quantitative estimate of drug-likeness (QED) is 0.794. The second-order valence-corrected chi connectivity index (χ2v) is 6.14. The summed E-state index contributed by atoms with van der Waals surface area (Å²) in [4.78, 5) is 0. The summed E-state index contributed by atoms with van der Waals surface area (Å²) in [6, 6.07) is 6.52. The molecule has 1 aromatic carbocycles. The molecular weight excluding hydrogens is 228 g/mol. The molecule has 1 rings (SSSR count). The van der Waals surface area contributed by atoms with E-state index in [2.05, 4.69) is 58.5 Å². The van der Waals surface area contributed by atoms with Crippen LogP contribution in [0.3, 0.4) is 0 Å². The summed E-state index contributed by atoms with van der Waals surface area (Å²) in [6.07, 6.45) is 1.08. The number of methoxy groups -OCH3 is 1. The molecule has 0 aliphatic rings. The predicted molar refractivity (Wildman–Crippen MR) is 78.4 cm³/mol. The van der Waals surface area contributed by atoms with Gasteiger partial charge in [-0.3, -0.25) is 0 Å². The van der Waals surface area contributed by atoms with Crippen molar-refractivity contribution in [3.05, 3.63) is 29.3 Å². The Labute approximate surface area is 111 Å². The zero-order valence-electron chi connectivity index (χ0n) is 11.6. The Kier molecular flexibility index (Phi) is 4.93. The van der Waals surface area contributed by atoms with Gasteiger partial charge in [0.05, 0.1) is 7.11 Å². The Morgan fingerprint density at radius 1 is 1.29 bits per heavy atom. The monoisotopic (exact) mass is 252 g/mol. The van der Waals surface area contributed by atoms with E-state index in [1.54, 1.807) is 7.11 Å². The molecular formula is C15H24OS. The standard InChI is InChI=1S/C15H24OS/c1-11(10-17)8-12-6-7-14(16-5)13(9-12)15(2,3)4/h6-7,9,11,17H,8,10H2,1-5H3. The molecule has 2 heteroatoms. The predicted octanol–water partition coefficient (Wildman–Crippen LogP) is 4.10. The number of thiol groups is 1. The molecule has 0 aliphatic heterocycles. The van der Waals surface area contributed by atoms with Gasteiger partial charge in [0.2, 0.25) is 0 Å². The van der Waals surface area contributed by atoms with Crippen LogP contribution in [0, 0.1) is 5.92 Å². The van der Waals surface area contributed by atoms with Gasteiger partial charge in [-0.25, -0.2) is 0 Å². The van der Waals surface area contributed by atoms with Crippen molar-refractivity contribution in [3.8, 4) is 5.75 Å². The summed E-state index contributed by atoms with van der Waals surface area (Å²) in [5.74, 6) is 2.52. The zero-order chi connectivity index (χ0) is 13.1. The van der Waals surface area contributed by atoms with Crippen LogP contribution in [0.4, 0.5) is 0 Å². The first-order valence-electron chi connectivity index (χ1n) is 6.16. The van der Waals surface area contributed by atoms with Crippen LogP contribution >= 0.6 is 12.6 Å². The van der Waals surface area contributed by atoms with E-state index in [0.29, 0.717) is 5.92 Å². The maximum atomic E-state index is 5.44. The van der Waals surface area contributed by atoms with Gasteiger partial charge in [0.1, 0.15) is 5.75 Å². The number of hydrogen-bond donors (Lipinski definition) is 1. The van der Waals surface area contributed by atoms with E-state index in [4.69, 9.17) is 4.74 Å². The minimum Gasteiger partial charge on any atom is -0.496 e. The van der Waals surface area contributed by atoms with Gasteiger partial charge >= 0.3 is 0 Å². The van der Waals surface area contributed by atoms with Crippen LogP contribution < -0.4 is 4.74 Å². The number of benzene rings is 1. The molecule has 0 aliphatic carbocycles. The molecule has 0 fully saturated rings. The fourth-order valence-electron chi connectivity index (χ4n) is 1.94. The van der Waals surface area contributed by atoms with Crippen molar-refractivity contribution in [3.63, 3.8) is 0 Å². The van der Waals surface area contributed by atoms with E-state index >= 15 is 0 Å². The van der Waals surface area contributed by atoms with Gasteiger partial charge in [0.15, 0.2) is 0 Å². The lowest BCUT2D eigenvalue weighted by Crippen LogP contribution is -2.14. The maximum absolute atomic E-state index is 5.44. The lowest BCUT2D eigenvalue weighted by Gasteiger charge is -2.23. The van der Waals surface area contributed by atoms with Crippen LogP contribution in [0.1, 0.15) is 38.8 Å². The molecule has 96 valence electrons. The summed E-state index contributed by atoms with van der Waals surface area (Å²) < 4.78 is 5.44. The largest absolute Gasteiger partial charge is 0.496 e. The van der Waals surface area contributed by atoms with Gasteiger partial charge in [0, 0.05) is 0 Å². The van der Waals surface area contributed by atoms with E-state index in [-0.39, 0.29) is 5.41 Å². The first-order valence-corrected chi connectivity index (χ1v) is 6.80. The van der Waals surface area contributed by atoms with Crippen LogP contribution in [0.5, 0.6) is 5.75 Å². The number of hydrogen-bond acceptors (Lipinski definition) is 2. The summed E-state index contributed by atoms with van der Waals surface area (Å²) >= 11 is 4.34. The smallest absolute Gasteiger partial charge is 0.122 e. The molecule has 0 N–H and O–H groups in total. The molecule has 1 aromatic rings. The van der Waals surface area contributed by atoms with Crippen LogP contribution in [0.2, 0.25) is 0 Å². The normalized spacial score (nSPS) is 13.5. The van der Waals surface area contributed by atoms with Crippen molar-refractivity contribution < 1.29 is 4.74 Å². The Morgan fingerprint density at radius 2 is 1.94 bits per heavy atom. The molecule has 0 amide bonds. The van der Waals surface area contributed by atoms with Gasteiger partial charge in [-0.2, -0.15) is 12.6 Å². The van der Waals surface area contributed by atoms with Crippen LogP contribution in [-0.2, 0) is 11.8 Å². The summed E-state index contributed by atoms with van der Waals surface area (Å²) in [5, 5.41) is 0. The summed E-state index contributed by atoms with van der Waals surface area (Å²) in [6.45, 7) is 8.89. The van der Waals surface area contributed by atoms with Crippen molar-refractivity contribution in [1.82, 2.24) is 0 Å². The van der Waals surface area contributed by atoms with Gasteiger partial charge in [-0.1, -0.05) is 39.8 Å². The number of ether oxygens (including phenoxy) is 1. The van der Waals surface area contributed by atoms with Crippen LogP contribution in [-0.4, -0.2) is 12.9 Å². The van der Waals surface area contributed by atoms with Crippen molar-refractivity contribution in [2.24, 2.45) is 5.92 Å². The van der Waals surface area contributed by atoms with Crippen molar-refractivity contribution in [1.29, 1.82) is 0 Å².